The Morgan fingerprint density at radius 2 is 1.82 bits per heavy atom. The molecule has 4 heteroatoms. The maximum Gasteiger partial charge on any atom is 0.315 e. The molecule has 0 saturated heterocycles. The first-order chi connectivity index (χ1) is 10.8. The molecular formula is C18H28N2O2. The van der Waals surface area contributed by atoms with Gasteiger partial charge in [0, 0.05) is 19.2 Å². The molecule has 1 aromatic carbocycles. The lowest BCUT2D eigenvalue weighted by atomic mass is 10.1. The molecule has 0 aliphatic heterocycles. The highest BCUT2D eigenvalue weighted by Crippen LogP contribution is 2.17. The second-order valence-electron chi connectivity index (χ2n) is 5.92. The zero-order chi connectivity index (χ0) is 15.6. The molecule has 2 N–H and O–H groups in total. The van der Waals surface area contributed by atoms with E-state index in [0.717, 1.165) is 24.0 Å². The molecule has 0 unspecified atom stereocenters. The molecule has 1 aliphatic carbocycles. The van der Waals surface area contributed by atoms with Crippen molar-refractivity contribution in [2.45, 2.75) is 64.6 Å². The third-order valence-electron chi connectivity index (χ3n) is 4.21. The fourth-order valence-electron chi connectivity index (χ4n) is 2.92. The van der Waals surface area contributed by atoms with Gasteiger partial charge in [-0.1, -0.05) is 49.9 Å². The molecule has 2 rings (SSSR count). The van der Waals surface area contributed by atoms with E-state index in [1.807, 2.05) is 25.1 Å². The molecule has 22 heavy (non-hydrogen) atoms. The van der Waals surface area contributed by atoms with E-state index in [9.17, 15) is 4.79 Å². The van der Waals surface area contributed by atoms with Gasteiger partial charge in [-0.25, -0.2) is 4.79 Å². The van der Waals surface area contributed by atoms with Crippen LogP contribution in [0.5, 0.6) is 0 Å². The summed E-state index contributed by atoms with van der Waals surface area (Å²) in [6, 6.07) is 8.37. The lowest BCUT2D eigenvalue weighted by Gasteiger charge is -2.17. The summed E-state index contributed by atoms with van der Waals surface area (Å²) < 4.78 is 5.47. The van der Waals surface area contributed by atoms with Crippen molar-refractivity contribution in [2.75, 3.05) is 6.61 Å². The molecule has 0 atom stereocenters. The van der Waals surface area contributed by atoms with Gasteiger partial charge in [-0.05, 0) is 30.9 Å². The second kappa shape index (κ2) is 9.46. The Balaban J connectivity index is 1.80. The van der Waals surface area contributed by atoms with Crippen LogP contribution in [-0.4, -0.2) is 18.7 Å². The first-order valence-electron chi connectivity index (χ1n) is 8.48. The Kier molecular flexibility index (Phi) is 7.23. The van der Waals surface area contributed by atoms with Crippen molar-refractivity contribution in [3.05, 3.63) is 35.4 Å². The van der Waals surface area contributed by atoms with Crippen molar-refractivity contribution in [1.29, 1.82) is 0 Å². The molecule has 122 valence electrons. The van der Waals surface area contributed by atoms with Gasteiger partial charge in [-0.2, -0.15) is 0 Å². The van der Waals surface area contributed by atoms with Crippen LogP contribution in [0.25, 0.3) is 0 Å². The quantitative estimate of drug-likeness (QED) is 0.787. The first-order valence-corrected chi connectivity index (χ1v) is 8.48. The van der Waals surface area contributed by atoms with Crippen molar-refractivity contribution in [2.24, 2.45) is 0 Å². The lowest BCUT2D eigenvalue weighted by molar-refractivity contribution is 0.133. The molecule has 2 amide bonds. The standard InChI is InChI=1S/C18H28N2O2/c1-2-22-14-16-10-8-7-9-15(16)13-19-18(21)20-17-11-5-3-4-6-12-17/h7-10,17H,2-6,11-14H2,1H3,(H2,19,20,21). The Morgan fingerprint density at radius 1 is 1.14 bits per heavy atom. The van der Waals surface area contributed by atoms with Crippen LogP contribution in [-0.2, 0) is 17.9 Å². The summed E-state index contributed by atoms with van der Waals surface area (Å²) in [7, 11) is 0. The van der Waals surface area contributed by atoms with E-state index in [1.54, 1.807) is 0 Å². The van der Waals surface area contributed by atoms with E-state index in [-0.39, 0.29) is 6.03 Å². The lowest BCUT2D eigenvalue weighted by Crippen LogP contribution is -2.41. The summed E-state index contributed by atoms with van der Waals surface area (Å²) in [6.45, 7) is 3.82. The highest BCUT2D eigenvalue weighted by molar-refractivity contribution is 5.74. The first kappa shape index (κ1) is 16.8. The maximum absolute atomic E-state index is 12.1. The summed E-state index contributed by atoms with van der Waals surface area (Å²) in [4.78, 5) is 12.1. The third kappa shape index (κ3) is 5.68. The van der Waals surface area contributed by atoms with Crippen molar-refractivity contribution in [3.8, 4) is 0 Å². The van der Waals surface area contributed by atoms with Crippen LogP contribution < -0.4 is 10.6 Å². The molecule has 0 bridgehead atoms. The Bertz CT molecular complexity index is 454. The van der Waals surface area contributed by atoms with Crippen LogP contribution in [0.2, 0.25) is 0 Å². The Morgan fingerprint density at radius 3 is 2.50 bits per heavy atom. The van der Waals surface area contributed by atoms with Crippen LogP contribution in [0.1, 0.15) is 56.6 Å². The molecule has 1 aliphatic rings. The summed E-state index contributed by atoms with van der Waals surface area (Å²) in [5.74, 6) is 0. The number of benzene rings is 1. The number of carbonyl (C=O) groups excluding carboxylic acids is 1. The van der Waals surface area contributed by atoms with Gasteiger partial charge in [0.05, 0.1) is 6.61 Å². The van der Waals surface area contributed by atoms with E-state index < -0.39 is 0 Å². The number of rotatable bonds is 6. The molecule has 0 spiro atoms. The van der Waals surface area contributed by atoms with Gasteiger partial charge in [0.25, 0.3) is 0 Å². The maximum atomic E-state index is 12.1. The van der Waals surface area contributed by atoms with Crippen LogP contribution in [0, 0.1) is 0 Å². The van der Waals surface area contributed by atoms with Crippen molar-refractivity contribution < 1.29 is 9.53 Å². The van der Waals surface area contributed by atoms with Gasteiger partial charge in [0.2, 0.25) is 0 Å². The fourth-order valence-corrected chi connectivity index (χ4v) is 2.92. The molecule has 0 radical (unpaired) electrons. The molecule has 1 saturated carbocycles. The van der Waals surface area contributed by atoms with Crippen LogP contribution >= 0.6 is 0 Å². The van der Waals surface area contributed by atoms with Crippen LogP contribution in [0.15, 0.2) is 24.3 Å². The van der Waals surface area contributed by atoms with E-state index in [4.69, 9.17) is 4.74 Å². The van der Waals surface area contributed by atoms with E-state index in [0.29, 0.717) is 25.8 Å². The van der Waals surface area contributed by atoms with Gasteiger partial charge < -0.3 is 15.4 Å². The number of urea groups is 1. The zero-order valence-electron chi connectivity index (χ0n) is 13.6. The van der Waals surface area contributed by atoms with Crippen LogP contribution in [0.3, 0.4) is 0 Å². The van der Waals surface area contributed by atoms with Gasteiger partial charge in [0.1, 0.15) is 0 Å². The van der Waals surface area contributed by atoms with E-state index in [1.165, 1.54) is 25.7 Å². The number of carbonyl (C=O) groups is 1. The van der Waals surface area contributed by atoms with Gasteiger partial charge in [-0.3, -0.25) is 0 Å². The molecule has 4 nitrogen and oxygen atoms in total. The number of hydrogen-bond acceptors (Lipinski definition) is 2. The van der Waals surface area contributed by atoms with E-state index >= 15 is 0 Å². The fraction of sp³-hybridized carbons (Fsp3) is 0.611. The average molecular weight is 304 g/mol. The Hall–Kier alpha value is -1.55. The number of amides is 2. The van der Waals surface area contributed by atoms with Gasteiger partial charge >= 0.3 is 6.03 Å². The molecule has 1 fully saturated rings. The average Bonchev–Trinajstić information content (AvgIpc) is 2.80. The predicted octanol–water partition coefficient (Wildman–Crippen LogP) is 3.75. The van der Waals surface area contributed by atoms with Crippen molar-refractivity contribution in [3.63, 3.8) is 0 Å². The van der Waals surface area contributed by atoms with Gasteiger partial charge in [0.15, 0.2) is 0 Å². The van der Waals surface area contributed by atoms with E-state index in [2.05, 4.69) is 16.7 Å². The second-order valence-corrected chi connectivity index (χ2v) is 5.92. The zero-order valence-corrected chi connectivity index (χ0v) is 13.6. The molecular weight excluding hydrogens is 276 g/mol. The highest BCUT2D eigenvalue weighted by atomic mass is 16.5. The monoisotopic (exact) mass is 304 g/mol. The Labute approximate surface area is 133 Å². The van der Waals surface area contributed by atoms with Gasteiger partial charge in [-0.15, -0.1) is 0 Å². The number of nitrogens with one attached hydrogen (secondary N) is 2. The molecule has 1 aromatic rings. The topological polar surface area (TPSA) is 50.4 Å². The molecule has 0 heterocycles. The minimum Gasteiger partial charge on any atom is -0.377 e. The highest BCUT2D eigenvalue weighted by Gasteiger charge is 2.14. The molecule has 0 aromatic heterocycles. The summed E-state index contributed by atoms with van der Waals surface area (Å²) in [6.07, 6.45) is 7.25. The third-order valence-corrected chi connectivity index (χ3v) is 4.21. The normalized spacial score (nSPS) is 16.0. The minimum absolute atomic E-state index is 0.0573. The smallest absolute Gasteiger partial charge is 0.315 e. The summed E-state index contributed by atoms with van der Waals surface area (Å²) in [5.41, 5.74) is 2.26. The van der Waals surface area contributed by atoms with Crippen molar-refractivity contribution >= 4 is 6.03 Å². The van der Waals surface area contributed by atoms with Crippen molar-refractivity contribution in [1.82, 2.24) is 10.6 Å². The SMILES string of the molecule is CCOCc1ccccc1CNC(=O)NC1CCCCCC1. The van der Waals surface area contributed by atoms with Crippen LogP contribution in [0.4, 0.5) is 4.79 Å². The summed E-state index contributed by atoms with van der Waals surface area (Å²) in [5, 5.41) is 6.09. The summed E-state index contributed by atoms with van der Waals surface area (Å²) >= 11 is 0. The number of hydrogen-bond donors (Lipinski definition) is 2. The predicted molar refractivity (Wildman–Crippen MR) is 88.6 cm³/mol. The number of ether oxygens (including phenoxy) is 1. The minimum atomic E-state index is -0.0573. The largest absolute Gasteiger partial charge is 0.377 e.